The topological polar surface area (TPSA) is 56.8 Å². The van der Waals surface area contributed by atoms with Gasteiger partial charge < -0.3 is 19.5 Å². The van der Waals surface area contributed by atoms with Gasteiger partial charge in [0, 0.05) is 17.3 Å². The highest BCUT2D eigenvalue weighted by molar-refractivity contribution is 6.04. The maximum atomic E-state index is 12.5. The lowest BCUT2D eigenvalue weighted by Crippen LogP contribution is -2.13. The van der Waals surface area contributed by atoms with Crippen molar-refractivity contribution in [2.45, 2.75) is 31.8 Å². The Hall–Kier alpha value is -2.69. The van der Waals surface area contributed by atoms with Gasteiger partial charge in [0.1, 0.15) is 17.2 Å². The van der Waals surface area contributed by atoms with E-state index in [0.717, 1.165) is 18.6 Å². The number of nitrogens with one attached hydrogen (secondary N) is 1. The van der Waals surface area contributed by atoms with Crippen molar-refractivity contribution in [1.29, 1.82) is 0 Å². The highest BCUT2D eigenvalue weighted by atomic mass is 16.5. The van der Waals surface area contributed by atoms with Gasteiger partial charge in [-0.25, -0.2) is 0 Å². The molecule has 0 spiro atoms. The first-order chi connectivity index (χ1) is 12.2. The van der Waals surface area contributed by atoms with Crippen molar-refractivity contribution in [3.8, 4) is 17.2 Å². The van der Waals surface area contributed by atoms with Crippen LogP contribution < -0.4 is 19.5 Å². The average molecular weight is 341 g/mol. The first kappa shape index (κ1) is 17.1. The number of hydrogen-bond donors (Lipinski definition) is 1. The zero-order valence-corrected chi connectivity index (χ0v) is 14.6. The lowest BCUT2D eigenvalue weighted by molar-refractivity contribution is 0.102. The summed E-state index contributed by atoms with van der Waals surface area (Å²) in [5, 5.41) is 2.88. The predicted molar refractivity (Wildman–Crippen MR) is 96.8 cm³/mol. The van der Waals surface area contributed by atoms with E-state index in [4.69, 9.17) is 14.2 Å². The third-order valence-electron chi connectivity index (χ3n) is 4.33. The number of carbonyl (C=O) groups excluding carboxylic acids is 1. The fourth-order valence-electron chi connectivity index (χ4n) is 2.96. The SMILES string of the molecule is COc1cc(OC)cc(C(=O)Nc2ccc(OC3CCCC3)cc2)c1. The molecule has 0 unspecified atom stereocenters. The van der Waals surface area contributed by atoms with Gasteiger partial charge in [0.05, 0.1) is 20.3 Å². The minimum atomic E-state index is -0.221. The van der Waals surface area contributed by atoms with Gasteiger partial charge in [0.2, 0.25) is 0 Å². The molecule has 1 saturated carbocycles. The first-order valence-electron chi connectivity index (χ1n) is 8.49. The summed E-state index contributed by atoms with van der Waals surface area (Å²) >= 11 is 0. The van der Waals surface area contributed by atoms with Crippen molar-refractivity contribution in [3.63, 3.8) is 0 Å². The summed E-state index contributed by atoms with van der Waals surface area (Å²) in [5.74, 6) is 1.77. The maximum absolute atomic E-state index is 12.5. The number of methoxy groups -OCH3 is 2. The van der Waals surface area contributed by atoms with Gasteiger partial charge in [-0.3, -0.25) is 4.79 Å². The van der Waals surface area contributed by atoms with Crippen molar-refractivity contribution in [2.75, 3.05) is 19.5 Å². The lowest BCUT2D eigenvalue weighted by atomic mass is 10.1. The first-order valence-corrected chi connectivity index (χ1v) is 8.49. The van der Waals surface area contributed by atoms with Gasteiger partial charge in [-0.15, -0.1) is 0 Å². The Labute approximate surface area is 147 Å². The van der Waals surface area contributed by atoms with Crippen LogP contribution in [0.5, 0.6) is 17.2 Å². The fourth-order valence-corrected chi connectivity index (χ4v) is 2.96. The van der Waals surface area contributed by atoms with Crippen LogP contribution in [0.15, 0.2) is 42.5 Å². The van der Waals surface area contributed by atoms with Gasteiger partial charge in [-0.1, -0.05) is 0 Å². The largest absolute Gasteiger partial charge is 0.497 e. The molecule has 2 aromatic carbocycles. The maximum Gasteiger partial charge on any atom is 0.255 e. The van der Waals surface area contributed by atoms with E-state index < -0.39 is 0 Å². The monoisotopic (exact) mass is 341 g/mol. The van der Waals surface area contributed by atoms with Crippen LogP contribution in [-0.4, -0.2) is 26.2 Å². The molecular formula is C20H23NO4. The molecule has 0 bridgehead atoms. The third-order valence-corrected chi connectivity index (χ3v) is 4.33. The van der Waals surface area contributed by atoms with Crippen LogP contribution in [-0.2, 0) is 0 Å². The van der Waals surface area contributed by atoms with Gasteiger partial charge in [0.15, 0.2) is 0 Å². The summed E-state index contributed by atoms with van der Waals surface area (Å²) in [7, 11) is 3.11. The fraction of sp³-hybridized carbons (Fsp3) is 0.350. The molecule has 3 rings (SSSR count). The second kappa shape index (κ2) is 7.92. The smallest absolute Gasteiger partial charge is 0.255 e. The molecule has 132 valence electrons. The molecule has 0 heterocycles. The molecular weight excluding hydrogens is 318 g/mol. The van der Waals surface area contributed by atoms with E-state index in [1.54, 1.807) is 32.4 Å². The van der Waals surface area contributed by atoms with Crippen molar-refractivity contribution in [2.24, 2.45) is 0 Å². The summed E-state index contributed by atoms with van der Waals surface area (Å²) in [5.41, 5.74) is 1.19. The molecule has 0 radical (unpaired) electrons. The molecule has 2 aromatic rings. The highest BCUT2D eigenvalue weighted by Gasteiger charge is 2.16. The number of rotatable bonds is 6. The number of amides is 1. The molecule has 0 aliphatic heterocycles. The number of ether oxygens (including phenoxy) is 3. The quantitative estimate of drug-likeness (QED) is 0.852. The van der Waals surface area contributed by atoms with E-state index in [1.807, 2.05) is 24.3 Å². The second-order valence-corrected chi connectivity index (χ2v) is 6.10. The third kappa shape index (κ3) is 4.44. The summed E-state index contributed by atoms with van der Waals surface area (Å²) in [6.07, 6.45) is 5.04. The van der Waals surface area contributed by atoms with Crippen LogP contribution >= 0.6 is 0 Å². The van der Waals surface area contributed by atoms with Crippen LogP contribution in [0.1, 0.15) is 36.0 Å². The minimum Gasteiger partial charge on any atom is -0.497 e. The van der Waals surface area contributed by atoms with E-state index in [0.29, 0.717) is 28.9 Å². The molecule has 5 heteroatoms. The van der Waals surface area contributed by atoms with Crippen LogP contribution in [0.3, 0.4) is 0 Å². The van der Waals surface area contributed by atoms with E-state index in [9.17, 15) is 4.79 Å². The number of benzene rings is 2. The zero-order valence-electron chi connectivity index (χ0n) is 14.6. The Morgan fingerprint density at radius 2 is 1.52 bits per heavy atom. The molecule has 25 heavy (non-hydrogen) atoms. The van der Waals surface area contributed by atoms with E-state index in [1.165, 1.54) is 12.8 Å². The summed E-state index contributed by atoms with van der Waals surface area (Å²) in [6.45, 7) is 0. The van der Waals surface area contributed by atoms with Crippen molar-refractivity contribution in [3.05, 3.63) is 48.0 Å². The van der Waals surface area contributed by atoms with Crippen LogP contribution in [0, 0.1) is 0 Å². The predicted octanol–water partition coefficient (Wildman–Crippen LogP) is 4.28. The molecule has 0 saturated heterocycles. The summed E-state index contributed by atoms with van der Waals surface area (Å²) < 4.78 is 16.3. The van der Waals surface area contributed by atoms with Crippen LogP contribution in [0.25, 0.3) is 0 Å². The average Bonchev–Trinajstić information content (AvgIpc) is 3.15. The normalized spacial score (nSPS) is 14.2. The molecule has 1 amide bonds. The van der Waals surface area contributed by atoms with Gasteiger partial charge >= 0.3 is 0 Å². The van der Waals surface area contributed by atoms with Crippen molar-refractivity contribution >= 4 is 11.6 Å². The molecule has 1 aliphatic carbocycles. The van der Waals surface area contributed by atoms with E-state index in [-0.39, 0.29) is 5.91 Å². The minimum absolute atomic E-state index is 0.221. The Balaban J connectivity index is 1.66. The standard InChI is InChI=1S/C20H23NO4/c1-23-18-11-14(12-19(13-18)24-2)20(22)21-15-7-9-17(10-8-15)25-16-5-3-4-6-16/h7-13,16H,3-6H2,1-2H3,(H,21,22). The summed E-state index contributed by atoms with van der Waals surface area (Å²) in [6, 6.07) is 12.6. The number of hydrogen-bond acceptors (Lipinski definition) is 4. The second-order valence-electron chi connectivity index (χ2n) is 6.10. The number of carbonyl (C=O) groups is 1. The van der Waals surface area contributed by atoms with E-state index in [2.05, 4.69) is 5.32 Å². The Kier molecular flexibility index (Phi) is 5.43. The Bertz CT molecular complexity index is 699. The number of anilines is 1. The lowest BCUT2D eigenvalue weighted by Gasteiger charge is -2.13. The van der Waals surface area contributed by atoms with E-state index >= 15 is 0 Å². The summed E-state index contributed by atoms with van der Waals surface area (Å²) in [4.78, 5) is 12.5. The van der Waals surface area contributed by atoms with Crippen LogP contribution in [0.2, 0.25) is 0 Å². The van der Waals surface area contributed by atoms with Gasteiger partial charge in [0.25, 0.3) is 5.91 Å². The highest BCUT2D eigenvalue weighted by Crippen LogP contribution is 2.26. The van der Waals surface area contributed by atoms with Crippen LogP contribution in [0.4, 0.5) is 5.69 Å². The van der Waals surface area contributed by atoms with Gasteiger partial charge in [-0.2, -0.15) is 0 Å². The Morgan fingerprint density at radius 3 is 2.08 bits per heavy atom. The molecule has 0 aromatic heterocycles. The molecule has 5 nitrogen and oxygen atoms in total. The van der Waals surface area contributed by atoms with Gasteiger partial charge in [-0.05, 0) is 62.1 Å². The van der Waals surface area contributed by atoms with Crippen molar-refractivity contribution < 1.29 is 19.0 Å². The molecule has 1 aliphatic rings. The van der Waals surface area contributed by atoms with Crippen molar-refractivity contribution in [1.82, 2.24) is 0 Å². The zero-order chi connectivity index (χ0) is 17.6. The molecule has 0 atom stereocenters. The molecule has 1 N–H and O–H groups in total. The Morgan fingerprint density at radius 1 is 0.920 bits per heavy atom. The molecule has 1 fully saturated rings.